The van der Waals surface area contributed by atoms with E-state index in [1.54, 1.807) is 18.8 Å². The molecule has 206 valence electrons. The molecule has 0 spiro atoms. The highest BCUT2D eigenvalue weighted by Gasteiger charge is 2.80. The highest BCUT2D eigenvalue weighted by molar-refractivity contribution is 7.89. The van der Waals surface area contributed by atoms with Gasteiger partial charge in [-0.25, -0.2) is 21.9 Å². The largest absolute Gasteiger partial charge is 0.431 e. The minimum absolute atomic E-state index is 0.0313. The summed E-state index contributed by atoms with van der Waals surface area (Å²) >= 11 is 0. The van der Waals surface area contributed by atoms with E-state index in [2.05, 4.69) is 0 Å². The van der Waals surface area contributed by atoms with E-state index >= 15 is 0 Å². The third-order valence-corrected chi connectivity index (χ3v) is 6.07. The maximum atomic E-state index is 14.4. The lowest BCUT2D eigenvalue weighted by Gasteiger charge is -2.40. The number of hydrogen-bond donors (Lipinski definition) is 1. The first-order valence-corrected chi connectivity index (χ1v) is 10.6. The van der Waals surface area contributed by atoms with E-state index in [1.807, 2.05) is 0 Å². The summed E-state index contributed by atoms with van der Waals surface area (Å²) in [7, 11) is -1.83. The predicted octanol–water partition coefficient (Wildman–Crippen LogP) is 4.92. The molecule has 0 heterocycles. The van der Waals surface area contributed by atoms with E-state index in [9.17, 15) is 69.9 Å². The third-order valence-electron chi connectivity index (χ3n) is 4.65. The van der Waals surface area contributed by atoms with Gasteiger partial charge in [0, 0.05) is 18.9 Å². The maximum absolute atomic E-state index is 14.4. The van der Waals surface area contributed by atoms with Crippen molar-refractivity contribution in [1.29, 1.82) is 0 Å². The van der Waals surface area contributed by atoms with Gasteiger partial charge in [0.15, 0.2) is 0 Å². The van der Waals surface area contributed by atoms with Crippen LogP contribution in [-0.4, -0.2) is 82.3 Å². The van der Waals surface area contributed by atoms with Crippen molar-refractivity contribution in [3.05, 3.63) is 0 Å². The number of nitrogens with one attached hydrogen (secondary N) is 1. The summed E-state index contributed by atoms with van der Waals surface area (Å²) in [6.45, 7) is -0.245. The number of halogens is 14. The van der Waals surface area contributed by atoms with Crippen LogP contribution in [0.15, 0.2) is 0 Å². The Morgan fingerprint density at radius 1 is 0.735 bits per heavy atom. The predicted molar refractivity (Wildman–Crippen MR) is 89.6 cm³/mol. The van der Waals surface area contributed by atoms with E-state index < -0.39 is 77.1 Å². The molecule has 1 atom stereocenters. The fourth-order valence-corrected chi connectivity index (χ4v) is 3.98. The summed E-state index contributed by atoms with van der Waals surface area (Å²) in [4.78, 5) is 1.53. The third kappa shape index (κ3) is 7.69. The van der Waals surface area contributed by atoms with Crippen molar-refractivity contribution in [2.45, 2.75) is 55.3 Å². The number of alkyl halides is 14. The van der Waals surface area contributed by atoms with Gasteiger partial charge in [0.05, 0.1) is 5.75 Å². The summed E-state index contributed by atoms with van der Waals surface area (Å²) < 4.78 is 208. The fourth-order valence-electron chi connectivity index (χ4n) is 2.79. The van der Waals surface area contributed by atoms with Crippen molar-refractivity contribution in [1.82, 2.24) is 9.62 Å². The van der Waals surface area contributed by atoms with Gasteiger partial charge in [-0.2, -0.15) is 52.7 Å². The zero-order chi connectivity index (χ0) is 27.6. The van der Waals surface area contributed by atoms with Crippen molar-refractivity contribution >= 4 is 10.0 Å². The van der Waals surface area contributed by atoms with Crippen LogP contribution in [0.1, 0.15) is 19.3 Å². The number of sulfonamides is 1. The van der Waals surface area contributed by atoms with Gasteiger partial charge in [0.1, 0.15) is 0 Å². The molecule has 0 rings (SSSR count). The molecule has 1 unspecified atom stereocenters. The average molecular weight is 558 g/mol. The molecule has 0 aromatic heterocycles. The number of nitrogens with zero attached hydrogens (tertiary/aromatic N) is 1. The molecule has 1 N–H and O–H groups in total. The Morgan fingerprint density at radius 3 is 1.47 bits per heavy atom. The van der Waals surface area contributed by atoms with Crippen molar-refractivity contribution in [2.75, 3.05) is 32.9 Å². The molecule has 0 fully saturated rings. The van der Waals surface area contributed by atoms with E-state index in [0.717, 1.165) is 0 Å². The molecule has 0 saturated carbocycles. The molecule has 19 heteroatoms. The fraction of sp³-hybridized carbons (Fsp3) is 1.00. The van der Waals surface area contributed by atoms with Gasteiger partial charge in [-0.15, -0.1) is 0 Å². The summed E-state index contributed by atoms with van der Waals surface area (Å²) in [6, 6.07) is 0. The Bertz CT molecular complexity index is 727. The minimum Gasteiger partial charge on any atom is -0.309 e. The van der Waals surface area contributed by atoms with Crippen LogP contribution < -0.4 is 4.72 Å². The molecular formula is C15H20F14N2O2S. The summed E-state index contributed by atoms with van der Waals surface area (Å²) in [5.74, 6) is -6.43. The molecule has 0 aliphatic heterocycles. The summed E-state index contributed by atoms with van der Waals surface area (Å²) in [5, 5.41) is 0. The van der Waals surface area contributed by atoms with Crippen LogP contribution in [0.3, 0.4) is 0 Å². The van der Waals surface area contributed by atoms with E-state index in [-0.39, 0.29) is 13.0 Å². The molecule has 0 aliphatic carbocycles. The topological polar surface area (TPSA) is 49.4 Å². The van der Waals surface area contributed by atoms with Gasteiger partial charge >= 0.3 is 30.4 Å². The van der Waals surface area contributed by atoms with Gasteiger partial charge in [0.2, 0.25) is 10.0 Å². The Hall–Kier alpha value is -1.11. The average Bonchev–Trinajstić information content (AvgIpc) is 2.57. The van der Waals surface area contributed by atoms with Crippen molar-refractivity contribution in [3.8, 4) is 0 Å². The molecule has 0 saturated heterocycles. The van der Waals surface area contributed by atoms with Crippen LogP contribution in [0.4, 0.5) is 61.5 Å². The van der Waals surface area contributed by atoms with Crippen molar-refractivity contribution < 1.29 is 69.9 Å². The molecular weight excluding hydrogens is 538 g/mol. The van der Waals surface area contributed by atoms with Crippen LogP contribution in [0.2, 0.25) is 0 Å². The van der Waals surface area contributed by atoms with Crippen molar-refractivity contribution in [2.24, 2.45) is 5.92 Å². The monoisotopic (exact) mass is 558 g/mol. The smallest absolute Gasteiger partial charge is 0.309 e. The van der Waals surface area contributed by atoms with Gasteiger partial charge < -0.3 is 4.90 Å². The minimum atomic E-state index is -7.17. The van der Waals surface area contributed by atoms with Crippen LogP contribution >= 0.6 is 0 Å². The molecule has 0 aromatic carbocycles. The second kappa shape index (κ2) is 10.5. The first-order chi connectivity index (χ1) is 14.7. The zero-order valence-electron chi connectivity index (χ0n) is 17.3. The lowest BCUT2D eigenvalue weighted by atomic mass is 9.77. The van der Waals surface area contributed by atoms with Crippen LogP contribution in [0, 0.1) is 5.92 Å². The van der Waals surface area contributed by atoms with Crippen LogP contribution in [0.25, 0.3) is 0 Å². The molecule has 4 nitrogen and oxygen atoms in total. The lowest BCUT2D eigenvalue weighted by Crippen LogP contribution is -2.62. The van der Waals surface area contributed by atoms with Gasteiger partial charge in [-0.1, -0.05) is 0 Å². The summed E-state index contributed by atoms with van der Waals surface area (Å²) in [5.41, 5.74) is -13.5. The van der Waals surface area contributed by atoms with Gasteiger partial charge in [0.25, 0.3) is 5.67 Å². The van der Waals surface area contributed by atoms with E-state index in [0.29, 0.717) is 0 Å². The van der Waals surface area contributed by atoms with Gasteiger partial charge in [-0.3, -0.25) is 0 Å². The van der Waals surface area contributed by atoms with Crippen LogP contribution in [0.5, 0.6) is 0 Å². The quantitative estimate of drug-likeness (QED) is 0.290. The highest BCUT2D eigenvalue weighted by atomic mass is 32.2. The zero-order valence-corrected chi connectivity index (χ0v) is 18.1. The highest BCUT2D eigenvalue weighted by Crippen LogP contribution is 2.57. The van der Waals surface area contributed by atoms with Crippen LogP contribution in [-0.2, 0) is 10.0 Å². The Balaban J connectivity index is 6.32. The standard InChI is InChI=1S/C15H20F14N2O2S/c1-31(2)6-3-5-30-34(32,33)7-4-9(11(17,14(24,25)26)15(27,28)29)8-10(16,12(18,19)20)13(21,22)23/h9,30H,3-8H2,1-2H3. The first-order valence-electron chi connectivity index (χ1n) is 8.99. The maximum Gasteiger partial charge on any atom is 0.431 e. The molecule has 0 radical (unpaired) electrons. The second-order valence-electron chi connectivity index (χ2n) is 7.56. The van der Waals surface area contributed by atoms with Gasteiger partial charge in [-0.05, 0) is 33.5 Å². The molecule has 0 aliphatic rings. The molecule has 0 bridgehead atoms. The molecule has 34 heavy (non-hydrogen) atoms. The number of hydrogen-bond acceptors (Lipinski definition) is 3. The Morgan fingerprint density at radius 2 is 1.15 bits per heavy atom. The normalized spacial score (nSPS) is 16.3. The first kappa shape index (κ1) is 32.9. The second-order valence-corrected chi connectivity index (χ2v) is 9.49. The lowest BCUT2D eigenvalue weighted by molar-refractivity contribution is -0.379. The Labute approximate surface area is 184 Å². The Kier molecular flexibility index (Phi) is 10.1. The number of rotatable bonds is 11. The summed E-state index contributed by atoms with van der Waals surface area (Å²) in [6.07, 6.45) is -34.6. The molecule has 0 amide bonds. The van der Waals surface area contributed by atoms with E-state index in [1.165, 1.54) is 4.90 Å². The SMILES string of the molecule is CN(C)CCCNS(=O)(=O)CCC(CC(F)(C(F)(F)F)C(F)(F)F)C(F)(C(F)(F)F)C(F)(F)F. The van der Waals surface area contributed by atoms with Crippen molar-refractivity contribution in [3.63, 3.8) is 0 Å². The molecule has 0 aromatic rings. The van der Waals surface area contributed by atoms with E-state index in [4.69, 9.17) is 0 Å².